The van der Waals surface area contributed by atoms with Gasteiger partial charge >= 0.3 is 11.8 Å². The van der Waals surface area contributed by atoms with Crippen LogP contribution in [0.1, 0.15) is 63.9 Å². The van der Waals surface area contributed by atoms with E-state index >= 15 is 0 Å². The van der Waals surface area contributed by atoms with Crippen molar-refractivity contribution in [2.45, 2.75) is 38.1 Å². The number of nitrogens with one attached hydrogen (secondary N) is 1. The van der Waals surface area contributed by atoms with Crippen molar-refractivity contribution in [3.8, 4) is 11.5 Å². The first kappa shape index (κ1) is 20.1. The average Bonchev–Trinajstić information content (AvgIpc) is 3.28. The van der Waals surface area contributed by atoms with E-state index in [9.17, 15) is 4.79 Å². The van der Waals surface area contributed by atoms with Gasteiger partial charge in [0, 0.05) is 41.5 Å². The normalized spacial score (nSPS) is 17.6. The lowest BCUT2D eigenvalue weighted by Crippen LogP contribution is -2.41. The zero-order valence-corrected chi connectivity index (χ0v) is 19.1. The molecule has 0 bridgehead atoms. The zero-order chi connectivity index (χ0) is 23.5. The van der Waals surface area contributed by atoms with Gasteiger partial charge in [-0.05, 0) is 43.9 Å². The first-order valence-electron chi connectivity index (χ1n) is 11.8. The van der Waals surface area contributed by atoms with E-state index in [0.717, 1.165) is 46.7 Å². The Bertz CT molecular complexity index is 1580. The number of carbonyl (C=O) groups excluding carboxylic acids is 1. The summed E-state index contributed by atoms with van der Waals surface area (Å²) >= 11 is 0. The van der Waals surface area contributed by atoms with Crippen LogP contribution in [0.2, 0.25) is 0 Å². The molecule has 0 radical (unpaired) electrons. The Morgan fingerprint density at radius 2 is 1.97 bits per heavy atom. The van der Waals surface area contributed by atoms with Crippen LogP contribution in [0.15, 0.2) is 57.8 Å². The maximum absolute atomic E-state index is 13.8. The number of aromatic nitrogens is 5. The predicted molar refractivity (Wildman–Crippen MR) is 126 cm³/mol. The number of H-pyrrole nitrogens is 1. The molecule has 9 nitrogen and oxygen atoms in total. The molecule has 1 aromatic carbocycles. The van der Waals surface area contributed by atoms with Crippen molar-refractivity contribution < 1.29 is 13.6 Å². The van der Waals surface area contributed by atoms with Gasteiger partial charge in [-0.1, -0.05) is 18.2 Å². The number of carbonyl (C=O) groups is 1. The largest absolute Gasteiger partial charge is 0.458 e. The highest BCUT2D eigenvalue weighted by molar-refractivity contribution is 5.91. The number of pyridine rings is 1. The highest BCUT2D eigenvalue weighted by atomic mass is 16.4. The fraction of sp³-hybridized carbons (Fsp3) is 0.269. The van der Waals surface area contributed by atoms with Crippen molar-refractivity contribution in [1.29, 1.82) is 0 Å². The number of nitrogens with zero attached hydrogens (tertiary/aromatic N) is 5. The number of aromatic amines is 1. The average molecular weight is 467 g/mol. The molecule has 1 N–H and O–H groups in total. The second kappa shape index (κ2) is 7.63. The molecular weight excluding hydrogens is 444 g/mol. The molecule has 35 heavy (non-hydrogen) atoms. The van der Waals surface area contributed by atoms with E-state index in [2.05, 4.69) is 31.2 Å². The SMILES string of the molecule is Cc1ncccc1-c1nnc(C(=O)N2CCc3[nH]cnc3[C@H]2c2oc3ccccc3c2C2CC2)o1. The molecule has 1 saturated carbocycles. The number of furan rings is 1. The van der Waals surface area contributed by atoms with Crippen LogP contribution in [0.3, 0.4) is 0 Å². The molecule has 1 fully saturated rings. The van der Waals surface area contributed by atoms with Gasteiger partial charge in [0.15, 0.2) is 0 Å². The number of hydrogen-bond donors (Lipinski definition) is 1. The van der Waals surface area contributed by atoms with Gasteiger partial charge in [0.1, 0.15) is 17.4 Å². The summed E-state index contributed by atoms with van der Waals surface area (Å²) in [5, 5.41) is 9.34. The quantitative estimate of drug-likeness (QED) is 0.412. The van der Waals surface area contributed by atoms with E-state index in [1.807, 2.05) is 31.2 Å². The topological polar surface area (TPSA) is 114 Å². The first-order valence-corrected chi connectivity index (χ1v) is 11.8. The number of benzene rings is 1. The summed E-state index contributed by atoms with van der Waals surface area (Å²) in [6.07, 6.45) is 6.26. The van der Waals surface area contributed by atoms with E-state index < -0.39 is 6.04 Å². The molecular formula is C26H22N6O3. The summed E-state index contributed by atoms with van der Waals surface area (Å²) in [6, 6.07) is 11.2. The third-order valence-electron chi connectivity index (χ3n) is 6.93. The molecule has 9 heteroatoms. The van der Waals surface area contributed by atoms with Crippen LogP contribution >= 0.6 is 0 Å². The third-order valence-corrected chi connectivity index (χ3v) is 6.93. The van der Waals surface area contributed by atoms with Crippen molar-refractivity contribution in [1.82, 2.24) is 30.0 Å². The Hall–Kier alpha value is -4.27. The molecule has 1 amide bonds. The van der Waals surface area contributed by atoms with Gasteiger partial charge in [0.05, 0.1) is 17.6 Å². The van der Waals surface area contributed by atoms with Crippen LogP contribution in [0.5, 0.6) is 0 Å². The minimum Gasteiger partial charge on any atom is -0.458 e. The fourth-order valence-corrected chi connectivity index (χ4v) is 5.09. The smallest absolute Gasteiger partial charge is 0.312 e. The standard InChI is InChI=1S/C26H22N6O3/c1-14-16(6-4-11-27-14)24-30-31-25(35-24)26(33)32-12-10-18-21(29-13-28-18)22(32)23-20(15-8-9-15)17-5-2-3-7-19(17)34-23/h2-7,11,13,15,22H,8-10,12H2,1H3,(H,28,29)/t22-/m0/s1. The van der Waals surface area contributed by atoms with Gasteiger partial charge in [0.25, 0.3) is 0 Å². The summed E-state index contributed by atoms with van der Waals surface area (Å²) < 4.78 is 12.3. The number of para-hydroxylation sites is 1. The molecule has 1 atom stereocenters. The summed E-state index contributed by atoms with van der Waals surface area (Å²) in [5.41, 5.74) is 5.27. The van der Waals surface area contributed by atoms with Crippen molar-refractivity contribution in [2.24, 2.45) is 0 Å². The molecule has 1 aliphatic carbocycles. The summed E-state index contributed by atoms with van der Waals surface area (Å²) in [7, 11) is 0. The van der Waals surface area contributed by atoms with Crippen LogP contribution < -0.4 is 0 Å². The second-order valence-electron chi connectivity index (χ2n) is 9.12. The number of aryl methyl sites for hydroxylation is 1. The molecule has 0 saturated heterocycles. The van der Waals surface area contributed by atoms with Crippen LogP contribution in [0.25, 0.3) is 22.4 Å². The minimum absolute atomic E-state index is 0.0590. The highest BCUT2D eigenvalue weighted by Crippen LogP contribution is 2.50. The Kier molecular flexibility index (Phi) is 4.39. The molecule has 5 heterocycles. The van der Waals surface area contributed by atoms with Gasteiger partial charge < -0.3 is 18.7 Å². The van der Waals surface area contributed by atoms with Crippen molar-refractivity contribution in [3.05, 3.63) is 83.2 Å². The lowest BCUT2D eigenvalue weighted by molar-refractivity contribution is 0.0631. The lowest BCUT2D eigenvalue weighted by atomic mass is 9.95. The van der Waals surface area contributed by atoms with Crippen LogP contribution in [-0.4, -0.2) is 42.5 Å². The fourth-order valence-electron chi connectivity index (χ4n) is 5.09. The number of imidazole rings is 1. The van der Waals surface area contributed by atoms with Crippen molar-refractivity contribution in [2.75, 3.05) is 6.54 Å². The van der Waals surface area contributed by atoms with Crippen LogP contribution in [-0.2, 0) is 6.42 Å². The van der Waals surface area contributed by atoms with Gasteiger partial charge in [-0.15, -0.1) is 10.2 Å². The Morgan fingerprint density at radius 3 is 2.83 bits per heavy atom. The third kappa shape index (κ3) is 3.18. The Balaban J connectivity index is 1.33. The number of amides is 1. The van der Waals surface area contributed by atoms with Gasteiger partial charge in [0.2, 0.25) is 5.89 Å². The molecule has 7 rings (SSSR count). The van der Waals surface area contributed by atoms with Crippen LogP contribution in [0.4, 0.5) is 0 Å². The van der Waals surface area contributed by atoms with E-state index in [0.29, 0.717) is 24.4 Å². The van der Waals surface area contributed by atoms with E-state index in [1.165, 1.54) is 5.56 Å². The molecule has 174 valence electrons. The van der Waals surface area contributed by atoms with E-state index in [1.54, 1.807) is 23.5 Å². The van der Waals surface area contributed by atoms with Gasteiger partial charge in [-0.3, -0.25) is 9.78 Å². The monoisotopic (exact) mass is 466 g/mol. The first-order chi connectivity index (χ1) is 17.2. The molecule has 4 aromatic heterocycles. The van der Waals surface area contributed by atoms with E-state index in [4.69, 9.17) is 8.83 Å². The molecule has 0 spiro atoms. The summed E-state index contributed by atoms with van der Waals surface area (Å²) in [6.45, 7) is 2.34. The second-order valence-corrected chi connectivity index (χ2v) is 9.12. The highest BCUT2D eigenvalue weighted by Gasteiger charge is 2.42. The maximum atomic E-state index is 13.8. The maximum Gasteiger partial charge on any atom is 0.312 e. The Morgan fingerprint density at radius 1 is 1.09 bits per heavy atom. The number of fused-ring (bicyclic) bond motifs is 2. The predicted octanol–water partition coefficient (Wildman–Crippen LogP) is 4.57. The minimum atomic E-state index is -0.476. The molecule has 5 aromatic rings. The lowest BCUT2D eigenvalue weighted by Gasteiger charge is -2.33. The van der Waals surface area contributed by atoms with Crippen molar-refractivity contribution >= 4 is 16.9 Å². The van der Waals surface area contributed by atoms with Gasteiger partial charge in [-0.2, -0.15) is 0 Å². The molecule has 0 unspecified atom stereocenters. The van der Waals surface area contributed by atoms with Crippen LogP contribution in [0, 0.1) is 6.92 Å². The summed E-state index contributed by atoms with van der Waals surface area (Å²) in [5.74, 6) is 1.08. The molecule has 1 aliphatic heterocycles. The van der Waals surface area contributed by atoms with Gasteiger partial charge in [-0.25, -0.2) is 4.98 Å². The summed E-state index contributed by atoms with van der Waals surface area (Å²) in [4.78, 5) is 27.7. The van der Waals surface area contributed by atoms with E-state index in [-0.39, 0.29) is 17.7 Å². The van der Waals surface area contributed by atoms with Crippen molar-refractivity contribution in [3.63, 3.8) is 0 Å². The number of hydrogen-bond acceptors (Lipinski definition) is 7. The molecule has 2 aliphatic rings. The Labute approximate surface area is 200 Å². The number of rotatable bonds is 4. The zero-order valence-electron chi connectivity index (χ0n) is 19.1.